The Morgan fingerprint density at radius 1 is 1.05 bits per heavy atom. The molecule has 2 aromatic rings. The number of nitrogens with zero attached hydrogens (tertiary/aromatic N) is 3. The van der Waals surface area contributed by atoms with Crippen LogP contribution in [0, 0.1) is 6.92 Å². The zero-order chi connectivity index (χ0) is 14.8. The van der Waals surface area contributed by atoms with Crippen molar-refractivity contribution >= 4 is 21.7 Å². The normalized spacial score (nSPS) is 11.2. The van der Waals surface area contributed by atoms with Gasteiger partial charge in [-0.15, -0.1) is 0 Å². The van der Waals surface area contributed by atoms with Crippen LogP contribution in [0.25, 0.3) is 0 Å². The predicted octanol–water partition coefficient (Wildman–Crippen LogP) is 1.65. The highest BCUT2D eigenvalue weighted by Gasteiger charge is 2.14. The maximum absolute atomic E-state index is 12.2. The highest BCUT2D eigenvalue weighted by Crippen LogP contribution is 2.16. The standard InChI is InChI=1S/C13H16N4O2S/c1-10-4-6-12(7-5-10)20(18,19)16-11-8-14-13(15-9-11)17(2)3/h4-9,16H,1-3H3. The molecule has 0 aliphatic heterocycles. The molecule has 0 unspecified atom stereocenters. The predicted molar refractivity (Wildman–Crippen MR) is 78.3 cm³/mol. The van der Waals surface area contributed by atoms with Crippen LogP contribution in [0.1, 0.15) is 5.56 Å². The van der Waals surface area contributed by atoms with E-state index >= 15 is 0 Å². The first-order valence-electron chi connectivity index (χ1n) is 5.97. The maximum Gasteiger partial charge on any atom is 0.261 e. The first-order chi connectivity index (χ1) is 9.38. The van der Waals surface area contributed by atoms with Gasteiger partial charge >= 0.3 is 0 Å². The first kappa shape index (κ1) is 14.3. The number of rotatable bonds is 4. The van der Waals surface area contributed by atoms with Gasteiger partial charge in [-0.2, -0.15) is 0 Å². The molecule has 1 N–H and O–H groups in total. The molecule has 0 bridgehead atoms. The molecule has 0 atom stereocenters. The van der Waals surface area contributed by atoms with E-state index in [0.29, 0.717) is 11.6 Å². The third-order valence-electron chi connectivity index (χ3n) is 2.62. The lowest BCUT2D eigenvalue weighted by atomic mass is 10.2. The van der Waals surface area contributed by atoms with Gasteiger partial charge in [0.15, 0.2) is 0 Å². The fourth-order valence-corrected chi connectivity index (χ4v) is 2.56. The van der Waals surface area contributed by atoms with E-state index in [1.54, 1.807) is 29.2 Å². The topological polar surface area (TPSA) is 75.2 Å². The Morgan fingerprint density at radius 2 is 1.60 bits per heavy atom. The SMILES string of the molecule is Cc1ccc(S(=O)(=O)Nc2cnc(N(C)C)nc2)cc1. The van der Waals surface area contributed by atoms with E-state index in [-0.39, 0.29) is 4.90 Å². The minimum atomic E-state index is -3.61. The molecule has 0 aliphatic carbocycles. The Kier molecular flexibility index (Phi) is 3.89. The summed E-state index contributed by atoms with van der Waals surface area (Å²) in [5.74, 6) is 0.517. The van der Waals surface area contributed by atoms with Gasteiger partial charge in [-0.25, -0.2) is 18.4 Å². The Morgan fingerprint density at radius 3 is 2.10 bits per heavy atom. The van der Waals surface area contributed by atoms with Crippen molar-refractivity contribution in [3.05, 3.63) is 42.2 Å². The van der Waals surface area contributed by atoms with Crippen LogP contribution in [0.4, 0.5) is 11.6 Å². The number of nitrogens with one attached hydrogen (secondary N) is 1. The van der Waals surface area contributed by atoms with E-state index in [9.17, 15) is 8.42 Å². The Balaban J connectivity index is 2.22. The van der Waals surface area contributed by atoms with Crippen molar-refractivity contribution in [2.45, 2.75) is 11.8 Å². The third kappa shape index (κ3) is 3.24. The largest absolute Gasteiger partial charge is 0.347 e. The third-order valence-corrected chi connectivity index (χ3v) is 4.02. The molecule has 1 aromatic heterocycles. The zero-order valence-electron chi connectivity index (χ0n) is 11.5. The summed E-state index contributed by atoms with van der Waals surface area (Å²) in [6, 6.07) is 6.62. The van der Waals surface area contributed by atoms with Gasteiger partial charge in [0, 0.05) is 14.1 Å². The van der Waals surface area contributed by atoms with Crippen LogP contribution in [-0.2, 0) is 10.0 Å². The van der Waals surface area contributed by atoms with Crippen LogP contribution in [-0.4, -0.2) is 32.5 Å². The number of hydrogen-bond donors (Lipinski definition) is 1. The lowest BCUT2D eigenvalue weighted by Crippen LogP contribution is -2.15. The van der Waals surface area contributed by atoms with Crippen molar-refractivity contribution in [2.24, 2.45) is 0 Å². The van der Waals surface area contributed by atoms with E-state index in [4.69, 9.17) is 0 Å². The summed E-state index contributed by atoms with van der Waals surface area (Å²) < 4.78 is 26.8. The summed E-state index contributed by atoms with van der Waals surface area (Å²) in [6.45, 7) is 1.90. The average Bonchev–Trinajstić information content (AvgIpc) is 2.39. The van der Waals surface area contributed by atoms with Gasteiger partial charge in [0.25, 0.3) is 10.0 Å². The molecule has 1 heterocycles. The summed E-state index contributed by atoms with van der Waals surface area (Å²) >= 11 is 0. The van der Waals surface area contributed by atoms with Crippen molar-refractivity contribution in [3.63, 3.8) is 0 Å². The van der Waals surface area contributed by atoms with Gasteiger partial charge in [0.1, 0.15) is 0 Å². The number of anilines is 2. The summed E-state index contributed by atoms with van der Waals surface area (Å²) in [5.41, 5.74) is 1.33. The molecule has 1 aromatic carbocycles. The van der Waals surface area contributed by atoms with Crippen molar-refractivity contribution in [1.82, 2.24) is 9.97 Å². The molecule has 0 saturated carbocycles. The summed E-state index contributed by atoms with van der Waals surface area (Å²) in [5, 5.41) is 0. The molecule has 0 radical (unpaired) electrons. The van der Waals surface area contributed by atoms with Crippen molar-refractivity contribution in [2.75, 3.05) is 23.7 Å². The molecule has 7 heteroatoms. The number of aryl methyl sites for hydroxylation is 1. The van der Waals surface area contributed by atoms with Crippen molar-refractivity contribution in [1.29, 1.82) is 0 Å². The Labute approximate surface area is 118 Å². The fraction of sp³-hybridized carbons (Fsp3) is 0.231. The lowest BCUT2D eigenvalue weighted by molar-refractivity contribution is 0.601. The number of aromatic nitrogens is 2. The summed E-state index contributed by atoms with van der Waals surface area (Å²) in [7, 11) is 0.0152. The van der Waals surface area contributed by atoms with Gasteiger partial charge in [-0.1, -0.05) is 17.7 Å². The van der Waals surface area contributed by atoms with Gasteiger partial charge in [0.05, 0.1) is 23.0 Å². The average molecular weight is 292 g/mol. The smallest absolute Gasteiger partial charge is 0.261 e. The Bertz CT molecular complexity index is 679. The van der Waals surface area contributed by atoms with E-state index in [1.807, 2.05) is 21.0 Å². The monoisotopic (exact) mass is 292 g/mol. The molecule has 20 heavy (non-hydrogen) atoms. The zero-order valence-corrected chi connectivity index (χ0v) is 12.3. The van der Waals surface area contributed by atoms with Crippen LogP contribution in [0.2, 0.25) is 0 Å². The number of sulfonamides is 1. The molecule has 0 spiro atoms. The minimum Gasteiger partial charge on any atom is -0.347 e. The molecular formula is C13H16N4O2S. The van der Waals surface area contributed by atoms with E-state index < -0.39 is 10.0 Å². The highest BCUT2D eigenvalue weighted by molar-refractivity contribution is 7.92. The van der Waals surface area contributed by atoms with E-state index in [1.165, 1.54) is 12.4 Å². The highest BCUT2D eigenvalue weighted by atomic mass is 32.2. The molecular weight excluding hydrogens is 276 g/mol. The van der Waals surface area contributed by atoms with Gasteiger partial charge in [0.2, 0.25) is 5.95 Å². The van der Waals surface area contributed by atoms with Gasteiger partial charge in [-0.05, 0) is 19.1 Å². The van der Waals surface area contributed by atoms with Gasteiger partial charge < -0.3 is 4.90 Å². The van der Waals surface area contributed by atoms with Crippen LogP contribution in [0.5, 0.6) is 0 Å². The van der Waals surface area contributed by atoms with Crippen LogP contribution in [0.3, 0.4) is 0 Å². The molecule has 0 amide bonds. The lowest BCUT2D eigenvalue weighted by Gasteiger charge is -2.11. The van der Waals surface area contributed by atoms with Crippen LogP contribution >= 0.6 is 0 Å². The Hall–Kier alpha value is -2.15. The second kappa shape index (κ2) is 5.46. The maximum atomic E-state index is 12.2. The van der Waals surface area contributed by atoms with E-state index in [2.05, 4.69) is 14.7 Å². The molecule has 106 valence electrons. The second-order valence-electron chi connectivity index (χ2n) is 4.58. The molecule has 0 fully saturated rings. The van der Waals surface area contributed by atoms with Crippen molar-refractivity contribution in [3.8, 4) is 0 Å². The van der Waals surface area contributed by atoms with E-state index in [0.717, 1.165) is 5.56 Å². The first-order valence-corrected chi connectivity index (χ1v) is 7.46. The summed E-state index contributed by atoms with van der Waals surface area (Å²) in [6.07, 6.45) is 2.88. The van der Waals surface area contributed by atoms with Crippen LogP contribution in [0.15, 0.2) is 41.6 Å². The number of hydrogen-bond acceptors (Lipinski definition) is 5. The quantitative estimate of drug-likeness (QED) is 0.927. The fourth-order valence-electron chi connectivity index (χ4n) is 1.54. The van der Waals surface area contributed by atoms with Gasteiger partial charge in [-0.3, -0.25) is 4.72 Å². The second-order valence-corrected chi connectivity index (χ2v) is 6.27. The molecule has 0 aliphatic rings. The molecule has 0 saturated heterocycles. The minimum absolute atomic E-state index is 0.208. The molecule has 6 nitrogen and oxygen atoms in total. The van der Waals surface area contributed by atoms with Crippen molar-refractivity contribution < 1.29 is 8.42 Å². The molecule has 2 rings (SSSR count). The summed E-state index contributed by atoms with van der Waals surface area (Å²) in [4.78, 5) is 10.1. The number of benzene rings is 1. The van der Waals surface area contributed by atoms with Crippen LogP contribution < -0.4 is 9.62 Å².